The lowest BCUT2D eigenvalue weighted by molar-refractivity contribution is -0.336. The number of carbonyl (C=O) groups is 1. The largest absolute Gasteiger partial charge is 0.459 e. The molecule has 21 heteroatoms. The lowest BCUT2D eigenvalue weighted by Crippen LogP contribution is -2.70. The Morgan fingerprint density at radius 3 is 2.33 bits per heavy atom. The Hall–Kier alpha value is -2.12. The third-order valence-electron chi connectivity index (χ3n) is 14.3. The summed E-state index contributed by atoms with van der Waals surface area (Å²) in [7, 11) is 2.82. The fourth-order valence-electron chi connectivity index (χ4n) is 10.3. The molecule has 1 aromatic rings. The standard InChI is InChI=1S/C43H75F3N6O12/c1-13-30-41(10,56)34(53)27(6)49-19-23(2)17-39(8,55)35(64-37-33-29(16-24(3)59-37)51(11)38(63-33)43(44,45)46)25(4)32(26(5)36(54)61-30)62-31-18-40(9,58-12)42(57,28(7)60-31)20-47-14-15-52-22-48-21-50-52/h21-35,37-38,47,49,53,55-57H,13-20H2,1-12H3/t23-,24-,25+,26-,27-,28+,29+,30-,31+,32+,33-,34-,35-,37+,38?,39-,40-,41-,42+/m1/s1. The van der Waals surface area contributed by atoms with E-state index >= 15 is 0 Å². The second kappa shape index (κ2) is 20.6. The Morgan fingerprint density at radius 1 is 1.03 bits per heavy atom. The van der Waals surface area contributed by atoms with Crippen LogP contribution in [0.4, 0.5) is 13.2 Å². The van der Waals surface area contributed by atoms with Crippen LogP contribution in [0.3, 0.4) is 0 Å². The lowest BCUT2D eigenvalue weighted by atomic mass is 9.75. The molecule has 0 saturated carbocycles. The zero-order chi connectivity index (χ0) is 47.7. The van der Waals surface area contributed by atoms with Crippen LogP contribution >= 0.6 is 0 Å². The first-order valence-electron chi connectivity index (χ1n) is 22.6. The maximum Gasteiger partial charge on any atom is 0.428 e. The van der Waals surface area contributed by atoms with Gasteiger partial charge in [-0.15, -0.1) is 0 Å². The lowest BCUT2D eigenvalue weighted by Gasteiger charge is -2.53. The molecule has 64 heavy (non-hydrogen) atoms. The molecule has 0 bridgehead atoms. The first kappa shape index (κ1) is 52.8. The van der Waals surface area contributed by atoms with Crippen LogP contribution in [0.5, 0.6) is 0 Å². The quantitative estimate of drug-likeness (QED) is 0.138. The number of likely N-dealkylation sites (N-methyl/N-ethyl adjacent to an activating group) is 1. The molecule has 1 unspecified atom stereocenters. The number of cyclic esters (lactones) is 1. The Balaban J connectivity index is 1.53. The van der Waals surface area contributed by atoms with E-state index in [-0.39, 0.29) is 44.7 Å². The first-order chi connectivity index (χ1) is 29.7. The summed E-state index contributed by atoms with van der Waals surface area (Å²) in [6.45, 7) is 17.9. The van der Waals surface area contributed by atoms with E-state index in [1.807, 2.05) is 6.92 Å². The molecule has 1 aromatic heterocycles. The average Bonchev–Trinajstić information content (AvgIpc) is 3.87. The highest BCUT2D eigenvalue weighted by Crippen LogP contribution is 2.45. The van der Waals surface area contributed by atoms with Crippen LogP contribution in [0.25, 0.3) is 0 Å². The number of methoxy groups -OCH3 is 1. The zero-order valence-electron chi connectivity index (χ0n) is 39.4. The van der Waals surface area contributed by atoms with Crippen molar-refractivity contribution in [3.8, 4) is 0 Å². The third-order valence-corrected chi connectivity index (χ3v) is 14.3. The van der Waals surface area contributed by atoms with E-state index in [0.717, 1.165) is 4.90 Å². The second-order valence-corrected chi connectivity index (χ2v) is 19.6. The van der Waals surface area contributed by atoms with Gasteiger partial charge in [-0.1, -0.05) is 20.8 Å². The number of ether oxygens (including phenoxy) is 7. The fraction of sp³-hybridized carbons (Fsp3) is 0.930. The smallest absolute Gasteiger partial charge is 0.428 e. The number of aliphatic hydroxyl groups is 4. The van der Waals surface area contributed by atoms with Gasteiger partial charge in [0.2, 0.25) is 6.23 Å². The summed E-state index contributed by atoms with van der Waals surface area (Å²) in [6.07, 6.45) is -13.7. The second-order valence-electron chi connectivity index (χ2n) is 19.6. The van der Waals surface area contributed by atoms with Crippen molar-refractivity contribution in [3.05, 3.63) is 12.7 Å². The van der Waals surface area contributed by atoms with Gasteiger partial charge in [0.25, 0.3) is 0 Å². The maximum atomic E-state index is 14.5. The molecule has 4 aliphatic heterocycles. The van der Waals surface area contributed by atoms with Crippen LogP contribution in [0.1, 0.15) is 94.9 Å². The van der Waals surface area contributed by atoms with Crippen LogP contribution in [-0.2, 0) is 44.5 Å². The highest BCUT2D eigenvalue weighted by Gasteiger charge is 2.60. The molecular weight excluding hydrogens is 849 g/mol. The number of halogens is 3. The van der Waals surface area contributed by atoms with Gasteiger partial charge in [-0.05, 0) is 87.2 Å². The minimum absolute atomic E-state index is 0.0346. The Labute approximate surface area is 375 Å². The molecule has 19 atom stereocenters. The molecule has 6 N–H and O–H groups in total. The van der Waals surface area contributed by atoms with Crippen molar-refractivity contribution >= 4 is 5.97 Å². The predicted molar refractivity (Wildman–Crippen MR) is 224 cm³/mol. The summed E-state index contributed by atoms with van der Waals surface area (Å²) in [6, 6.07) is -1.42. The molecule has 4 fully saturated rings. The number of hydrogen-bond acceptors (Lipinski definition) is 17. The molecule has 0 aromatic carbocycles. The summed E-state index contributed by atoms with van der Waals surface area (Å²) < 4.78 is 88.4. The number of hydrogen-bond donors (Lipinski definition) is 6. The summed E-state index contributed by atoms with van der Waals surface area (Å²) in [5.41, 5.74) is -6.54. The molecule has 18 nitrogen and oxygen atoms in total. The monoisotopic (exact) mass is 925 g/mol. The van der Waals surface area contributed by atoms with E-state index in [9.17, 15) is 38.4 Å². The van der Waals surface area contributed by atoms with Gasteiger partial charge in [-0.2, -0.15) is 18.3 Å². The number of rotatable bonds is 11. The van der Waals surface area contributed by atoms with E-state index in [2.05, 4.69) is 20.7 Å². The number of nitrogens with one attached hydrogen (secondary N) is 2. The molecule has 4 aliphatic rings. The summed E-state index contributed by atoms with van der Waals surface area (Å²) >= 11 is 0. The Bertz CT molecular complexity index is 1650. The summed E-state index contributed by atoms with van der Waals surface area (Å²) in [5.74, 6) is -3.24. The molecule has 5 heterocycles. The van der Waals surface area contributed by atoms with Gasteiger partial charge < -0.3 is 64.2 Å². The van der Waals surface area contributed by atoms with E-state index in [1.54, 1.807) is 66.4 Å². The molecule has 4 saturated heterocycles. The van der Waals surface area contributed by atoms with E-state index in [4.69, 9.17) is 33.2 Å². The van der Waals surface area contributed by atoms with Crippen molar-refractivity contribution in [3.63, 3.8) is 0 Å². The first-order valence-corrected chi connectivity index (χ1v) is 22.6. The number of nitrogens with zero attached hydrogens (tertiary/aromatic N) is 4. The number of esters is 1. The normalized spacial score (nSPS) is 45.9. The van der Waals surface area contributed by atoms with E-state index in [0.29, 0.717) is 13.1 Å². The number of alkyl halides is 3. The van der Waals surface area contributed by atoms with Crippen molar-refractivity contribution < 1.29 is 71.5 Å². The van der Waals surface area contributed by atoms with Gasteiger partial charge in [0, 0.05) is 44.6 Å². The van der Waals surface area contributed by atoms with Crippen LogP contribution in [0, 0.1) is 17.8 Å². The van der Waals surface area contributed by atoms with Crippen molar-refractivity contribution in [2.45, 2.75) is 204 Å². The summed E-state index contributed by atoms with van der Waals surface area (Å²) in [5, 5.41) is 58.7. The van der Waals surface area contributed by atoms with E-state index < -0.39 is 120 Å². The number of fused-ring (bicyclic) bond motifs is 1. The summed E-state index contributed by atoms with van der Waals surface area (Å²) in [4.78, 5) is 19.5. The molecule has 0 amide bonds. The molecular formula is C43H75F3N6O12. The van der Waals surface area contributed by atoms with Crippen molar-refractivity contribution in [1.29, 1.82) is 0 Å². The number of aliphatic hydroxyl groups excluding tert-OH is 1. The van der Waals surface area contributed by atoms with Crippen molar-refractivity contribution in [1.82, 2.24) is 30.3 Å². The molecule has 0 radical (unpaired) electrons. The van der Waals surface area contributed by atoms with Gasteiger partial charge >= 0.3 is 12.1 Å². The average molecular weight is 925 g/mol. The Kier molecular flexibility index (Phi) is 17.0. The minimum atomic E-state index is -4.71. The number of aromatic nitrogens is 3. The molecule has 0 spiro atoms. The molecule has 0 aliphatic carbocycles. The highest BCUT2D eigenvalue weighted by molar-refractivity contribution is 5.73. The van der Waals surface area contributed by atoms with Crippen molar-refractivity contribution in [2.75, 3.05) is 33.8 Å². The van der Waals surface area contributed by atoms with Crippen LogP contribution < -0.4 is 10.6 Å². The zero-order valence-corrected chi connectivity index (χ0v) is 39.4. The van der Waals surface area contributed by atoms with Gasteiger partial charge in [0.1, 0.15) is 47.8 Å². The van der Waals surface area contributed by atoms with Crippen LogP contribution in [-0.4, -0.2) is 182 Å². The fourth-order valence-corrected chi connectivity index (χ4v) is 10.3. The van der Waals surface area contributed by atoms with Crippen molar-refractivity contribution in [2.24, 2.45) is 17.8 Å². The van der Waals surface area contributed by atoms with E-state index in [1.165, 1.54) is 27.4 Å². The third kappa shape index (κ3) is 11.2. The van der Waals surface area contributed by atoms with Crippen LogP contribution in [0.2, 0.25) is 0 Å². The molecule has 5 rings (SSSR count). The maximum absolute atomic E-state index is 14.5. The van der Waals surface area contributed by atoms with Gasteiger partial charge in [0.05, 0.1) is 42.5 Å². The highest BCUT2D eigenvalue weighted by atomic mass is 19.4. The Morgan fingerprint density at radius 2 is 1.72 bits per heavy atom. The van der Waals surface area contributed by atoms with Gasteiger partial charge in [0.15, 0.2) is 12.6 Å². The predicted octanol–water partition coefficient (Wildman–Crippen LogP) is 2.11. The minimum Gasteiger partial charge on any atom is -0.459 e. The topological polar surface area (TPSA) is 221 Å². The SMILES string of the molecule is CC[C@H]1OC(=O)[C@H](C)[C@@H](O[C@H]2C[C@@](C)(OC)[C@](O)(CNCCn3cncn3)[C@H](C)O2)[C@H](C)[C@@H](O[C@@H]2O[C@H](C)C[C@H]3[C@H]2OC(C(F)(F)F)N3C)[C@](C)(O)C[C@@H](C)CN[C@H](C)[C@@H](O)[C@]1(C)O. The van der Waals surface area contributed by atoms with Gasteiger partial charge in [-0.3, -0.25) is 14.4 Å². The van der Waals surface area contributed by atoms with Crippen LogP contribution in [0.15, 0.2) is 12.7 Å². The molecule has 370 valence electrons. The number of carbonyl (C=O) groups excluding carboxylic acids is 1. The van der Waals surface area contributed by atoms with Gasteiger partial charge in [-0.25, -0.2) is 4.98 Å².